The molecule has 104 valence electrons. The summed E-state index contributed by atoms with van der Waals surface area (Å²) in [5.41, 5.74) is 5.73. The molecule has 1 aliphatic heterocycles. The molecule has 1 rings (SSSR count). The molecule has 0 bridgehead atoms. The summed E-state index contributed by atoms with van der Waals surface area (Å²) in [6.45, 7) is 2.04. The van der Waals surface area contributed by atoms with Gasteiger partial charge < -0.3 is 21.1 Å². The van der Waals surface area contributed by atoms with Crippen LogP contribution in [0.1, 0.15) is 38.5 Å². The van der Waals surface area contributed by atoms with Gasteiger partial charge in [0.1, 0.15) is 0 Å². The minimum absolute atomic E-state index is 0.0338. The van der Waals surface area contributed by atoms with Crippen molar-refractivity contribution < 1.29 is 14.7 Å². The van der Waals surface area contributed by atoms with Crippen LogP contribution in [0.2, 0.25) is 0 Å². The number of carbonyl (C=O) groups is 2. The summed E-state index contributed by atoms with van der Waals surface area (Å²) in [6, 6.07) is 0.0836. The number of nitrogens with zero attached hydrogens (tertiary/aromatic N) is 1. The lowest BCUT2D eigenvalue weighted by Gasteiger charge is -2.16. The number of hydrogen-bond acceptors (Lipinski definition) is 3. The first kappa shape index (κ1) is 14.8. The smallest absolute Gasteiger partial charge is 0.317 e. The molecule has 0 aromatic carbocycles. The van der Waals surface area contributed by atoms with Gasteiger partial charge in [0.2, 0.25) is 0 Å². The number of likely N-dealkylation sites (tertiary alicyclic amines) is 1. The van der Waals surface area contributed by atoms with Gasteiger partial charge in [0.25, 0.3) is 0 Å². The monoisotopic (exact) mass is 257 g/mol. The summed E-state index contributed by atoms with van der Waals surface area (Å²) in [5.74, 6) is -0.742. The normalized spacial score (nSPS) is 18.9. The fourth-order valence-electron chi connectivity index (χ4n) is 2.03. The Hall–Kier alpha value is -1.30. The van der Waals surface area contributed by atoms with Gasteiger partial charge >= 0.3 is 12.0 Å². The molecule has 1 heterocycles. The SMILES string of the molecule is NC1CCN(C(=O)NCCCCCCC(=O)O)C1. The zero-order valence-corrected chi connectivity index (χ0v) is 10.7. The van der Waals surface area contributed by atoms with Crippen LogP contribution >= 0.6 is 0 Å². The van der Waals surface area contributed by atoms with Crippen molar-refractivity contribution >= 4 is 12.0 Å². The second kappa shape index (κ2) is 7.92. The maximum atomic E-state index is 11.7. The van der Waals surface area contributed by atoms with Crippen LogP contribution in [0.15, 0.2) is 0 Å². The van der Waals surface area contributed by atoms with Crippen molar-refractivity contribution in [3.8, 4) is 0 Å². The summed E-state index contributed by atoms with van der Waals surface area (Å²) in [5, 5.41) is 11.3. The highest BCUT2D eigenvalue weighted by atomic mass is 16.4. The topological polar surface area (TPSA) is 95.7 Å². The fraction of sp³-hybridized carbons (Fsp3) is 0.833. The fourth-order valence-corrected chi connectivity index (χ4v) is 2.03. The minimum atomic E-state index is -0.742. The van der Waals surface area contributed by atoms with Gasteiger partial charge in [0.05, 0.1) is 0 Å². The van der Waals surface area contributed by atoms with Crippen molar-refractivity contribution in [3.63, 3.8) is 0 Å². The predicted octanol–water partition coefficient (Wildman–Crippen LogP) is 0.764. The molecule has 0 aliphatic carbocycles. The first-order valence-electron chi connectivity index (χ1n) is 6.59. The summed E-state index contributed by atoms with van der Waals surface area (Å²) in [7, 11) is 0. The number of carboxylic acids is 1. The Morgan fingerprint density at radius 3 is 2.61 bits per heavy atom. The van der Waals surface area contributed by atoms with Crippen LogP contribution < -0.4 is 11.1 Å². The highest BCUT2D eigenvalue weighted by Crippen LogP contribution is 2.07. The average Bonchev–Trinajstić information content (AvgIpc) is 2.74. The van der Waals surface area contributed by atoms with Crippen LogP contribution in [0.5, 0.6) is 0 Å². The Balaban J connectivity index is 1.94. The van der Waals surface area contributed by atoms with Crippen LogP contribution in [0.25, 0.3) is 0 Å². The molecule has 1 atom stereocenters. The number of urea groups is 1. The van der Waals surface area contributed by atoms with Gasteiger partial charge in [-0.2, -0.15) is 0 Å². The lowest BCUT2D eigenvalue weighted by Crippen LogP contribution is -2.40. The summed E-state index contributed by atoms with van der Waals surface area (Å²) in [6.07, 6.45) is 4.57. The Morgan fingerprint density at radius 2 is 2.00 bits per heavy atom. The summed E-state index contributed by atoms with van der Waals surface area (Å²) >= 11 is 0. The van der Waals surface area contributed by atoms with Gasteiger partial charge in [-0.15, -0.1) is 0 Å². The molecule has 0 saturated carbocycles. The van der Waals surface area contributed by atoms with Gasteiger partial charge in [-0.25, -0.2) is 4.79 Å². The zero-order valence-electron chi connectivity index (χ0n) is 10.7. The van der Waals surface area contributed by atoms with Gasteiger partial charge in [-0.3, -0.25) is 4.79 Å². The molecule has 0 aromatic rings. The first-order valence-corrected chi connectivity index (χ1v) is 6.59. The molecule has 4 N–H and O–H groups in total. The van der Waals surface area contributed by atoms with E-state index in [2.05, 4.69) is 5.32 Å². The number of hydrogen-bond donors (Lipinski definition) is 3. The molecule has 1 fully saturated rings. The summed E-state index contributed by atoms with van der Waals surface area (Å²) < 4.78 is 0. The van der Waals surface area contributed by atoms with Gasteiger partial charge in [-0.05, 0) is 19.3 Å². The van der Waals surface area contributed by atoms with E-state index in [1.807, 2.05) is 0 Å². The predicted molar refractivity (Wildman–Crippen MR) is 68.3 cm³/mol. The third-order valence-electron chi connectivity index (χ3n) is 3.11. The second-order valence-electron chi connectivity index (χ2n) is 4.78. The van der Waals surface area contributed by atoms with Crippen LogP contribution in [0.3, 0.4) is 0 Å². The molecule has 0 radical (unpaired) electrons. The van der Waals surface area contributed by atoms with Gasteiger partial charge in [-0.1, -0.05) is 12.8 Å². The lowest BCUT2D eigenvalue weighted by molar-refractivity contribution is -0.137. The molecule has 0 spiro atoms. The maximum absolute atomic E-state index is 11.7. The Labute approximate surface area is 108 Å². The van der Waals surface area contributed by atoms with E-state index in [9.17, 15) is 9.59 Å². The molecule has 2 amide bonds. The molecule has 1 unspecified atom stereocenters. The van der Waals surface area contributed by atoms with Crippen molar-refractivity contribution in [1.82, 2.24) is 10.2 Å². The van der Waals surface area contributed by atoms with Crippen LogP contribution in [0, 0.1) is 0 Å². The van der Waals surface area contributed by atoms with Crippen LogP contribution in [-0.4, -0.2) is 47.7 Å². The van der Waals surface area contributed by atoms with E-state index in [4.69, 9.17) is 10.8 Å². The van der Waals surface area contributed by atoms with Crippen molar-refractivity contribution in [3.05, 3.63) is 0 Å². The first-order chi connectivity index (χ1) is 8.59. The average molecular weight is 257 g/mol. The Bertz CT molecular complexity index is 284. The number of carbonyl (C=O) groups excluding carboxylic acids is 1. The highest BCUT2D eigenvalue weighted by Gasteiger charge is 2.22. The van der Waals surface area contributed by atoms with E-state index in [1.165, 1.54) is 0 Å². The molecular weight excluding hydrogens is 234 g/mol. The van der Waals surface area contributed by atoms with Gasteiger partial charge in [0, 0.05) is 32.1 Å². The zero-order chi connectivity index (χ0) is 13.4. The van der Waals surface area contributed by atoms with E-state index >= 15 is 0 Å². The lowest BCUT2D eigenvalue weighted by atomic mass is 10.1. The molecule has 1 saturated heterocycles. The second-order valence-corrected chi connectivity index (χ2v) is 4.78. The largest absolute Gasteiger partial charge is 0.481 e. The van der Waals surface area contributed by atoms with Crippen molar-refractivity contribution in [2.45, 2.75) is 44.6 Å². The van der Waals surface area contributed by atoms with E-state index in [0.717, 1.165) is 32.2 Å². The molecule has 18 heavy (non-hydrogen) atoms. The number of rotatable bonds is 7. The van der Waals surface area contributed by atoms with Crippen molar-refractivity contribution in [2.24, 2.45) is 5.73 Å². The standard InChI is InChI=1S/C12H23N3O3/c13-10-6-8-15(9-10)12(18)14-7-4-2-1-3-5-11(16)17/h10H,1-9,13H2,(H,14,18)(H,16,17). The summed E-state index contributed by atoms with van der Waals surface area (Å²) in [4.78, 5) is 23.7. The number of nitrogens with one attached hydrogen (secondary N) is 1. The van der Waals surface area contributed by atoms with Crippen LogP contribution in [0.4, 0.5) is 4.79 Å². The Morgan fingerprint density at radius 1 is 1.28 bits per heavy atom. The molecule has 0 aromatic heterocycles. The molecular formula is C12H23N3O3. The number of unbranched alkanes of at least 4 members (excludes halogenated alkanes) is 3. The van der Waals surface area contributed by atoms with E-state index in [-0.39, 0.29) is 18.5 Å². The van der Waals surface area contributed by atoms with Crippen molar-refractivity contribution in [1.29, 1.82) is 0 Å². The Kier molecular flexibility index (Phi) is 6.49. The third-order valence-corrected chi connectivity index (χ3v) is 3.11. The quantitative estimate of drug-likeness (QED) is 0.587. The number of amides is 2. The number of carboxylic acid groups (broad SMARTS) is 1. The van der Waals surface area contributed by atoms with E-state index in [0.29, 0.717) is 19.5 Å². The van der Waals surface area contributed by atoms with E-state index < -0.39 is 5.97 Å². The van der Waals surface area contributed by atoms with Crippen molar-refractivity contribution in [2.75, 3.05) is 19.6 Å². The van der Waals surface area contributed by atoms with Crippen LogP contribution in [-0.2, 0) is 4.79 Å². The number of aliphatic carboxylic acids is 1. The molecule has 6 nitrogen and oxygen atoms in total. The van der Waals surface area contributed by atoms with E-state index in [1.54, 1.807) is 4.90 Å². The molecule has 6 heteroatoms. The maximum Gasteiger partial charge on any atom is 0.317 e. The number of nitrogens with two attached hydrogens (primary N) is 1. The molecule has 1 aliphatic rings. The highest BCUT2D eigenvalue weighted by molar-refractivity contribution is 5.74. The minimum Gasteiger partial charge on any atom is -0.481 e. The van der Waals surface area contributed by atoms with Gasteiger partial charge in [0.15, 0.2) is 0 Å². The third kappa shape index (κ3) is 5.86.